The zero-order chi connectivity index (χ0) is 25.7. The van der Waals surface area contributed by atoms with Gasteiger partial charge in [-0.15, -0.1) is 0 Å². The highest BCUT2D eigenvalue weighted by Gasteiger charge is 2.24. The van der Waals surface area contributed by atoms with Crippen LogP contribution in [0.5, 0.6) is 5.75 Å². The van der Waals surface area contributed by atoms with E-state index in [0.717, 1.165) is 11.8 Å². The number of amides is 1. The number of methoxy groups -OCH3 is 1. The summed E-state index contributed by atoms with van der Waals surface area (Å²) in [5.74, 6) is 0.121. The monoisotopic (exact) mass is 510 g/mol. The first-order chi connectivity index (χ1) is 17.2. The molecule has 4 aromatic rings. The normalized spacial score (nSPS) is 11.2. The first-order valence-electron chi connectivity index (χ1n) is 10.8. The Morgan fingerprint density at radius 3 is 2.56 bits per heavy atom. The summed E-state index contributed by atoms with van der Waals surface area (Å²) >= 11 is 0. The number of rotatable bonds is 9. The first-order valence-corrected chi connectivity index (χ1v) is 12.7. The standard InChI is InChI=1S/C25H23FN4O5S/c1-34-20-6-3-5-17(13-20)15-30(16-21-7-4-12-35-21)22-14-27-25(36(2,32)33)29-23(22)24(31)28-19-10-8-18(26)9-11-19/h3-14H,15-16H2,1-2H3,(H,28,31). The van der Waals surface area contributed by atoms with E-state index in [0.29, 0.717) is 23.7 Å². The smallest absolute Gasteiger partial charge is 0.276 e. The van der Waals surface area contributed by atoms with E-state index in [1.165, 1.54) is 36.7 Å². The minimum Gasteiger partial charge on any atom is -0.497 e. The highest BCUT2D eigenvalue weighted by molar-refractivity contribution is 7.90. The maximum atomic E-state index is 13.3. The van der Waals surface area contributed by atoms with Crippen LogP contribution in [0.3, 0.4) is 0 Å². The second-order valence-corrected chi connectivity index (χ2v) is 9.82. The predicted octanol–water partition coefficient (Wildman–Crippen LogP) is 4.08. The van der Waals surface area contributed by atoms with Crippen molar-refractivity contribution in [2.75, 3.05) is 23.6 Å². The van der Waals surface area contributed by atoms with Gasteiger partial charge >= 0.3 is 0 Å². The number of carbonyl (C=O) groups excluding carboxylic acids is 1. The van der Waals surface area contributed by atoms with Crippen molar-refractivity contribution in [1.82, 2.24) is 9.97 Å². The zero-order valence-electron chi connectivity index (χ0n) is 19.5. The van der Waals surface area contributed by atoms with Crippen LogP contribution in [0.4, 0.5) is 15.8 Å². The maximum absolute atomic E-state index is 13.3. The summed E-state index contributed by atoms with van der Waals surface area (Å²) in [5, 5.41) is 2.15. The molecule has 2 aromatic heterocycles. The number of sulfone groups is 1. The summed E-state index contributed by atoms with van der Waals surface area (Å²) in [7, 11) is -2.24. The van der Waals surface area contributed by atoms with Gasteiger partial charge in [0, 0.05) is 18.5 Å². The third-order valence-corrected chi connectivity index (χ3v) is 6.03. The second-order valence-electron chi connectivity index (χ2n) is 7.91. The van der Waals surface area contributed by atoms with E-state index < -0.39 is 26.7 Å². The van der Waals surface area contributed by atoms with Crippen LogP contribution < -0.4 is 15.0 Å². The molecule has 0 bridgehead atoms. The van der Waals surface area contributed by atoms with E-state index in [1.54, 1.807) is 24.1 Å². The average Bonchev–Trinajstić information content (AvgIpc) is 3.37. The third kappa shape index (κ3) is 6.05. The van der Waals surface area contributed by atoms with Crippen LogP contribution in [-0.4, -0.2) is 37.7 Å². The van der Waals surface area contributed by atoms with Gasteiger partial charge in [-0.05, 0) is 54.1 Å². The van der Waals surface area contributed by atoms with Gasteiger partial charge in [0.2, 0.25) is 15.0 Å². The van der Waals surface area contributed by atoms with Crippen LogP contribution in [-0.2, 0) is 22.9 Å². The molecule has 2 heterocycles. The second kappa shape index (κ2) is 10.6. The van der Waals surface area contributed by atoms with E-state index in [-0.39, 0.29) is 17.9 Å². The Hall–Kier alpha value is -4.25. The van der Waals surface area contributed by atoms with Gasteiger partial charge in [-0.1, -0.05) is 12.1 Å². The minimum atomic E-state index is -3.80. The molecule has 0 fully saturated rings. The van der Waals surface area contributed by atoms with E-state index >= 15 is 0 Å². The number of halogens is 1. The van der Waals surface area contributed by atoms with Crippen molar-refractivity contribution in [1.29, 1.82) is 0 Å². The minimum absolute atomic E-state index is 0.163. The Morgan fingerprint density at radius 2 is 1.89 bits per heavy atom. The van der Waals surface area contributed by atoms with E-state index in [4.69, 9.17) is 9.15 Å². The Morgan fingerprint density at radius 1 is 1.11 bits per heavy atom. The molecule has 9 nitrogen and oxygen atoms in total. The van der Waals surface area contributed by atoms with Crippen LogP contribution in [0, 0.1) is 5.82 Å². The number of aromatic nitrogens is 2. The molecule has 4 rings (SSSR count). The van der Waals surface area contributed by atoms with Crippen molar-refractivity contribution in [2.45, 2.75) is 18.2 Å². The van der Waals surface area contributed by atoms with Crippen molar-refractivity contribution in [3.63, 3.8) is 0 Å². The summed E-state index contributed by atoms with van der Waals surface area (Å²) in [6.45, 7) is 0.541. The number of nitrogens with zero attached hydrogens (tertiary/aromatic N) is 3. The molecule has 0 radical (unpaired) electrons. The largest absolute Gasteiger partial charge is 0.497 e. The SMILES string of the molecule is COc1cccc(CN(Cc2ccco2)c2cnc(S(C)(=O)=O)nc2C(=O)Nc2ccc(F)cc2)c1. The van der Waals surface area contributed by atoms with E-state index in [1.807, 2.05) is 24.3 Å². The summed E-state index contributed by atoms with van der Waals surface area (Å²) in [5.41, 5.74) is 1.29. The van der Waals surface area contributed by atoms with Gasteiger partial charge in [-0.3, -0.25) is 4.79 Å². The molecule has 36 heavy (non-hydrogen) atoms. The lowest BCUT2D eigenvalue weighted by atomic mass is 10.1. The Bertz CT molecular complexity index is 1460. The molecular weight excluding hydrogens is 487 g/mol. The number of ether oxygens (including phenoxy) is 1. The lowest BCUT2D eigenvalue weighted by Crippen LogP contribution is -2.27. The molecule has 0 aliphatic heterocycles. The summed E-state index contributed by atoms with van der Waals surface area (Å²) in [4.78, 5) is 23.2. The molecule has 1 amide bonds. The fourth-order valence-corrected chi connectivity index (χ4v) is 3.97. The Kier molecular flexibility index (Phi) is 7.30. The molecule has 1 N–H and O–H groups in total. The van der Waals surface area contributed by atoms with Gasteiger partial charge in [0.25, 0.3) is 5.91 Å². The molecule has 0 saturated heterocycles. The van der Waals surface area contributed by atoms with E-state index in [9.17, 15) is 17.6 Å². The molecule has 0 saturated carbocycles. The van der Waals surface area contributed by atoms with Crippen molar-refractivity contribution in [3.8, 4) is 5.75 Å². The molecule has 186 valence electrons. The molecule has 0 aliphatic carbocycles. The van der Waals surface area contributed by atoms with Crippen LogP contribution in [0.2, 0.25) is 0 Å². The Labute approximate surface area is 207 Å². The quantitative estimate of drug-likeness (QED) is 0.335. The summed E-state index contributed by atoms with van der Waals surface area (Å²) < 4.78 is 48.5. The van der Waals surface area contributed by atoms with Crippen molar-refractivity contribution in [2.24, 2.45) is 0 Å². The van der Waals surface area contributed by atoms with Gasteiger partial charge in [-0.2, -0.15) is 0 Å². The topological polar surface area (TPSA) is 115 Å². The zero-order valence-corrected chi connectivity index (χ0v) is 20.3. The molecule has 0 spiro atoms. The van der Waals surface area contributed by atoms with Crippen molar-refractivity contribution >= 4 is 27.1 Å². The molecule has 0 atom stereocenters. The fourth-order valence-electron chi connectivity index (χ4n) is 3.47. The number of hydrogen-bond donors (Lipinski definition) is 1. The number of nitrogens with one attached hydrogen (secondary N) is 1. The average molecular weight is 511 g/mol. The highest BCUT2D eigenvalue weighted by Crippen LogP contribution is 2.26. The number of benzene rings is 2. The van der Waals surface area contributed by atoms with Gasteiger partial charge in [-0.25, -0.2) is 22.8 Å². The maximum Gasteiger partial charge on any atom is 0.276 e. The summed E-state index contributed by atoms with van der Waals surface area (Å²) in [6.07, 6.45) is 3.79. The Balaban J connectivity index is 1.78. The van der Waals surface area contributed by atoms with Gasteiger partial charge in [0.1, 0.15) is 17.3 Å². The third-order valence-electron chi connectivity index (χ3n) is 5.17. The molecule has 11 heteroatoms. The molecule has 0 unspecified atom stereocenters. The summed E-state index contributed by atoms with van der Waals surface area (Å²) in [6, 6.07) is 16.1. The van der Waals surface area contributed by atoms with Gasteiger partial charge in [0.15, 0.2) is 5.69 Å². The lowest BCUT2D eigenvalue weighted by Gasteiger charge is -2.25. The van der Waals surface area contributed by atoms with E-state index in [2.05, 4.69) is 15.3 Å². The van der Waals surface area contributed by atoms with Crippen LogP contribution in [0.1, 0.15) is 21.8 Å². The first kappa shape index (κ1) is 24.9. The van der Waals surface area contributed by atoms with Crippen molar-refractivity contribution in [3.05, 3.63) is 96.0 Å². The number of carbonyl (C=O) groups is 1. The van der Waals surface area contributed by atoms with Crippen LogP contribution in [0.25, 0.3) is 0 Å². The van der Waals surface area contributed by atoms with Gasteiger partial charge < -0.3 is 19.4 Å². The van der Waals surface area contributed by atoms with Crippen LogP contribution >= 0.6 is 0 Å². The molecule has 0 aliphatic rings. The van der Waals surface area contributed by atoms with Crippen molar-refractivity contribution < 1.29 is 26.8 Å². The molecular formula is C25H23FN4O5S. The predicted molar refractivity (Wildman–Crippen MR) is 131 cm³/mol. The fraction of sp³-hybridized carbons (Fsp3) is 0.160. The number of anilines is 2. The number of hydrogen-bond acceptors (Lipinski definition) is 8. The molecule has 2 aromatic carbocycles. The van der Waals surface area contributed by atoms with Crippen LogP contribution in [0.15, 0.2) is 82.7 Å². The number of furan rings is 1. The highest BCUT2D eigenvalue weighted by atomic mass is 32.2. The van der Waals surface area contributed by atoms with Gasteiger partial charge in [0.05, 0.1) is 31.8 Å². The lowest BCUT2D eigenvalue weighted by molar-refractivity contribution is 0.102.